The lowest BCUT2D eigenvalue weighted by Gasteiger charge is -2.49. The minimum absolute atomic E-state index is 0.0916. The number of benzene rings is 2. The number of carbonyl (C=O) groups excluding carboxylic acids is 2. The van der Waals surface area contributed by atoms with Crippen molar-refractivity contribution in [3.8, 4) is 5.75 Å². The first-order valence-corrected chi connectivity index (χ1v) is 12.5. The Balaban J connectivity index is 1.23. The van der Waals surface area contributed by atoms with E-state index in [-0.39, 0.29) is 24.6 Å². The lowest BCUT2D eigenvalue weighted by molar-refractivity contribution is -0.150. The van der Waals surface area contributed by atoms with Gasteiger partial charge in [0.25, 0.3) is 5.91 Å². The molecule has 5 rings (SSSR count). The van der Waals surface area contributed by atoms with Gasteiger partial charge in [-0.05, 0) is 35.4 Å². The number of carboxylic acids is 1. The van der Waals surface area contributed by atoms with Crippen LogP contribution in [0.15, 0.2) is 93.3 Å². The maximum Gasteiger partial charge on any atom is 0.352 e. The summed E-state index contributed by atoms with van der Waals surface area (Å²) in [6, 6.07) is 16.5. The SMILES string of the molecule is O=C(Cc1ccccc1)N[C@@H]1C(=O)N2C(C(=O)O)=C(C=CCOc3ccc4ccc(=O)oc4c3)CS[C@H]12. The van der Waals surface area contributed by atoms with Gasteiger partial charge in [0, 0.05) is 23.3 Å². The Kier molecular flexibility index (Phi) is 6.82. The highest BCUT2D eigenvalue weighted by Gasteiger charge is 2.53. The molecule has 9 nitrogen and oxygen atoms in total. The molecule has 2 aliphatic rings. The molecule has 2 aromatic carbocycles. The Bertz CT molecular complexity index is 1500. The predicted molar refractivity (Wildman–Crippen MR) is 137 cm³/mol. The molecular formula is C27H22N2O7S. The fourth-order valence-corrected chi connectivity index (χ4v) is 5.56. The lowest BCUT2D eigenvalue weighted by Crippen LogP contribution is -2.70. The van der Waals surface area contributed by atoms with Crippen LogP contribution >= 0.6 is 11.8 Å². The summed E-state index contributed by atoms with van der Waals surface area (Å²) in [6.07, 6.45) is 3.43. The van der Waals surface area contributed by atoms with Crippen LogP contribution in [0.2, 0.25) is 0 Å². The summed E-state index contributed by atoms with van der Waals surface area (Å²) in [7, 11) is 0. The molecule has 1 fully saturated rings. The van der Waals surface area contributed by atoms with Gasteiger partial charge in [-0.1, -0.05) is 36.4 Å². The van der Waals surface area contributed by atoms with Crippen LogP contribution in [0.5, 0.6) is 5.75 Å². The molecule has 2 atom stereocenters. The predicted octanol–water partition coefficient (Wildman–Crippen LogP) is 2.71. The molecule has 0 spiro atoms. The van der Waals surface area contributed by atoms with Gasteiger partial charge in [0.15, 0.2) is 0 Å². The fourth-order valence-electron chi connectivity index (χ4n) is 4.24. The van der Waals surface area contributed by atoms with E-state index in [2.05, 4.69) is 5.32 Å². The van der Waals surface area contributed by atoms with E-state index >= 15 is 0 Å². The van der Waals surface area contributed by atoms with Gasteiger partial charge >= 0.3 is 11.6 Å². The van der Waals surface area contributed by atoms with Crippen molar-refractivity contribution in [3.05, 3.63) is 100 Å². The van der Waals surface area contributed by atoms with E-state index in [0.717, 1.165) is 10.9 Å². The summed E-state index contributed by atoms with van der Waals surface area (Å²) in [5.74, 6) is -1.10. The Morgan fingerprint density at radius 1 is 1.14 bits per heavy atom. The number of carbonyl (C=O) groups is 3. The molecule has 0 radical (unpaired) electrons. The van der Waals surface area contributed by atoms with E-state index in [9.17, 15) is 24.3 Å². The number of fused-ring (bicyclic) bond motifs is 2. The minimum Gasteiger partial charge on any atom is -0.489 e. The monoisotopic (exact) mass is 518 g/mol. The Morgan fingerprint density at radius 2 is 1.92 bits per heavy atom. The summed E-state index contributed by atoms with van der Waals surface area (Å²) in [4.78, 5) is 49.9. The normalized spacial score (nSPS) is 19.0. The van der Waals surface area contributed by atoms with Crippen molar-refractivity contribution in [1.29, 1.82) is 0 Å². The van der Waals surface area contributed by atoms with Crippen LogP contribution in [0.25, 0.3) is 11.0 Å². The number of amides is 2. The maximum absolute atomic E-state index is 12.8. The van der Waals surface area contributed by atoms with Crippen LogP contribution in [0.1, 0.15) is 5.56 Å². The molecule has 188 valence electrons. The zero-order valence-electron chi connectivity index (χ0n) is 19.5. The van der Waals surface area contributed by atoms with Gasteiger partial charge in [0.1, 0.15) is 35.1 Å². The van der Waals surface area contributed by atoms with Crippen LogP contribution < -0.4 is 15.7 Å². The van der Waals surface area contributed by atoms with Crippen molar-refractivity contribution in [2.45, 2.75) is 17.8 Å². The van der Waals surface area contributed by atoms with Crippen LogP contribution in [0, 0.1) is 0 Å². The number of thioether (sulfide) groups is 1. The van der Waals surface area contributed by atoms with E-state index in [0.29, 0.717) is 22.7 Å². The van der Waals surface area contributed by atoms with E-state index < -0.39 is 28.9 Å². The Labute approximate surface area is 215 Å². The molecule has 0 saturated carbocycles. The average molecular weight is 519 g/mol. The number of allylic oxidation sites excluding steroid dienone is 1. The highest BCUT2D eigenvalue weighted by Crippen LogP contribution is 2.40. The molecule has 0 aliphatic carbocycles. The number of aliphatic carboxylic acids is 1. The van der Waals surface area contributed by atoms with E-state index in [1.165, 1.54) is 22.7 Å². The van der Waals surface area contributed by atoms with Crippen LogP contribution in [-0.2, 0) is 20.8 Å². The summed E-state index contributed by atoms with van der Waals surface area (Å²) >= 11 is 1.39. The van der Waals surface area contributed by atoms with Gasteiger partial charge in [-0.15, -0.1) is 11.8 Å². The summed E-state index contributed by atoms with van der Waals surface area (Å²) in [5, 5.41) is 12.9. The number of hydrogen-bond donors (Lipinski definition) is 2. The second-order valence-corrected chi connectivity index (χ2v) is 9.57. The first-order chi connectivity index (χ1) is 17.9. The number of nitrogens with one attached hydrogen (secondary N) is 1. The van der Waals surface area contributed by atoms with Gasteiger partial charge in [0.05, 0.1) is 6.42 Å². The Hall–Kier alpha value is -4.31. The third kappa shape index (κ3) is 5.14. The molecular weight excluding hydrogens is 496 g/mol. The van der Waals surface area contributed by atoms with Crippen molar-refractivity contribution >= 4 is 40.5 Å². The van der Waals surface area contributed by atoms with Gasteiger partial charge in [0.2, 0.25) is 5.91 Å². The summed E-state index contributed by atoms with van der Waals surface area (Å²) < 4.78 is 10.8. The minimum atomic E-state index is -1.21. The molecule has 0 unspecified atom stereocenters. The molecule has 2 N–H and O–H groups in total. The number of rotatable bonds is 8. The van der Waals surface area contributed by atoms with E-state index in [1.54, 1.807) is 36.4 Å². The third-order valence-corrected chi connectivity index (χ3v) is 7.29. The van der Waals surface area contributed by atoms with Crippen LogP contribution in [-0.4, -0.2) is 51.6 Å². The number of ether oxygens (including phenoxy) is 1. The summed E-state index contributed by atoms with van der Waals surface area (Å²) in [6.45, 7) is 0.138. The van der Waals surface area contributed by atoms with Gasteiger partial charge in [-0.2, -0.15) is 0 Å². The molecule has 1 aromatic heterocycles. The molecule has 3 aromatic rings. The highest BCUT2D eigenvalue weighted by molar-refractivity contribution is 8.00. The number of hydrogen-bond acceptors (Lipinski definition) is 7. The quantitative estimate of drug-likeness (QED) is 0.344. The van der Waals surface area contributed by atoms with Gasteiger partial charge < -0.3 is 19.6 Å². The van der Waals surface area contributed by atoms with Gasteiger partial charge in [-0.25, -0.2) is 9.59 Å². The van der Waals surface area contributed by atoms with E-state index in [1.807, 2.05) is 30.3 Å². The first kappa shape index (κ1) is 24.4. The van der Waals surface area contributed by atoms with Crippen LogP contribution in [0.4, 0.5) is 0 Å². The standard InChI is InChI=1S/C27H22N2O7S/c30-21(13-16-5-2-1-3-6-16)28-23-25(32)29-24(27(33)34)18(15-37-26(23)29)7-4-12-35-19-10-8-17-9-11-22(31)36-20(17)14-19/h1-11,14,23,26H,12-13,15H2,(H,28,30)(H,33,34)/t23-,26-/m1/s1. The van der Waals surface area contributed by atoms with Gasteiger partial charge in [-0.3, -0.25) is 14.5 Å². The molecule has 10 heteroatoms. The fraction of sp³-hybridized carbons (Fsp3) is 0.185. The topological polar surface area (TPSA) is 126 Å². The molecule has 3 heterocycles. The van der Waals surface area contributed by atoms with Crippen molar-refractivity contribution < 1.29 is 28.6 Å². The average Bonchev–Trinajstić information content (AvgIpc) is 2.89. The summed E-state index contributed by atoms with van der Waals surface area (Å²) in [5.41, 5.74) is 1.16. The lowest BCUT2D eigenvalue weighted by atomic mass is 10.0. The number of nitrogens with zero attached hydrogens (tertiary/aromatic N) is 1. The number of β-lactam (4-membered cyclic amide) rings is 1. The second kappa shape index (κ2) is 10.4. The highest BCUT2D eigenvalue weighted by atomic mass is 32.2. The van der Waals surface area contributed by atoms with Crippen molar-refractivity contribution in [1.82, 2.24) is 10.2 Å². The zero-order chi connectivity index (χ0) is 25.9. The van der Waals surface area contributed by atoms with E-state index in [4.69, 9.17) is 9.15 Å². The second-order valence-electron chi connectivity index (χ2n) is 8.46. The molecule has 37 heavy (non-hydrogen) atoms. The van der Waals surface area contributed by atoms with Crippen molar-refractivity contribution in [3.63, 3.8) is 0 Å². The van der Waals surface area contributed by atoms with Crippen LogP contribution in [0.3, 0.4) is 0 Å². The largest absolute Gasteiger partial charge is 0.489 e. The van der Waals surface area contributed by atoms with Crippen molar-refractivity contribution in [2.24, 2.45) is 0 Å². The molecule has 2 amide bonds. The Morgan fingerprint density at radius 3 is 2.70 bits per heavy atom. The smallest absolute Gasteiger partial charge is 0.352 e. The molecule has 0 bridgehead atoms. The molecule has 1 saturated heterocycles. The number of carboxylic acid groups (broad SMARTS) is 1. The zero-order valence-corrected chi connectivity index (χ0v) is 20.3. The molecule has 2 aliphatic heterocycles. The maximum atomic E-state index is 12.8. The first-order valence-electron chi connectivity index (χ1n) is 11.5. The third-order valence-electron chi connectivity index (χ3n) is 5.98. The van der Waals surface area contributed by atoms with Crippen molar-refractivity contribution in [2.75, 3.05) is 12.4 Å².